The van der Waals surface area contributed by atoms with Crippen LogP contribution in [-0.4, -0.2) is 58.3 Å². The van der Waals surface area contributed by atoms with Crippen LogP contribution >= 0.6 is 0 Å². The van der Waals surface area contributed by atoms with Crippen LogP contribution in [0.2, 0.25) is 0 Å². The van der Waals surface area contributed by atoms with Gasteiger partial charge in [0.2, 0.25) is 0 Å². The number of guanidine groups is 1. The molecule has 7 nitrogen and oxygen atoms in total. The molecule has 2 N–H and O–H groups in total. The van der Waals surface area contributed by atoms with Crippen LogP contribution in [0.4, 0.5) is 0 Å². The summed E-state index contributed by atoms with van der Waals surface area (Å²) in [5.41, 5.74) is 1.14. The molecule has 0 spiro atoms. The van der Waals surface area contributed by atoms with Crippen LogP contribution in [0.1, 0.15) is 45.1 Å². The summed E-state index contributed by atoms with van der Waals surface area (Å²) in [5.74, 6) is 2.26. The van der Waals surface area contributed by atoms with E-state index in [0.717, 1.165) is 23.9 Å². The summed E-state index contributed by atoms with van der Waals surface area (Å²) in [6.07, 6.45) is 10.8. The second-order valence-electron chi connectivity index (χ2n) is 8.04. The van der Waals surface area contributed by atoms with E-state index in [4.69, 9.17) is 0 Å². The van der Waals surface area contributed by atoms with Gasteiger partial charge >= 0.3 is 0 Å². The second kappa shape index (κ2) is 11.0. The van der Waals surface area contributed by atoms with Gasteiger partial charge in [-0.05, 0) is 55.6 Å². The van der Waals surface area contributed by atoms with E-state index in [0.29, 0.717) is 18.5 Å². The van der Waals surface area contributed by atoms with Crippen molar-refractivity contribution in [1.82, 2.24) is 30.3 Å². The van der Waals surface area contributed by atoms with E-state index in [9.17, 15) is 0 Å². The molecule has 0 saturated carbocycles. The molecule has 1 atom stereocenters. The quantitative estimate of drug-likeness (QED) is 0.555. The van der Waals surface area contributed by atoms with Crippen molar-refractivity contribution >= 4 is 5.96 Å². The summed E-state index contributed by atoms with van der Waals surface area (Å²) in [5, 5.41) is 11.2. The highest BCUT2D eigenvalue weighted by Gasteiger charge is 2.22. The Morgan fingerprint density at radius 3 is 2.59 bits per heavy atom. The van der Waals surface area contributed by atoms with Crippen molar-refractivity contribution in [3.63, 3.8) is 0 Å². The van der Waals surface area contributed by atoms with E-state index in [2.05, 4.69) is 44.5 Å². The van der Waals surface area contributed by atoms with Gasteiger partial charge in [0.15, 0.2) is 11.8 Å². The van der Waals surface area contributed by atoms with Gasteiger partial charge in [-0.1, -0.05) is 26.7 Å². The smallest absolute Gasteiger partial charge is 0.191 e. The van der Waals surface area contributed by atoms with Crippen molar-refractivity contribution < 1.29 is 0 Å². The van der Waals surface area contributed by atoms with Gasteiger partial charge in [0.25, 0.3) is 0 Å². The third-order valence-corrected chi connectivity index (χ3v) is 5.59. The Morgan fingerprint density at radius 2 is 1.93 bits per heavy atom. The topological polar surface area (TPSA) is 70.4 Å². The third kappa shape index (κ3) is 6.29. The summed E-state index contributed by atoms with van der Waals surface area (Å²) in [6.45, 7) is 8.66. The number of rotatable bonds is 7. The first-order chi connectivity index (χ1) is 14.2. The molecular formula is C22H35N7. The molecule has 1 aliphatic rings. The molecule has 1 fully saturated rings. The van der Waals surface area contributed by atoms with Gasteiger partial charge in [0.1, 0.15) is 0 Å². The molecule has 2 aromatic heterocycles. The van der Waals surface area contributed by atoms with Gasteiger partial charge < -0.3 is 10.6 Å². The Balaban J connectivity index is 1.54. The number of likely N-dealkylation sites (tertiary alicyclic amines) is 1. The summed E-state index contributed by atoms with van der Waals surface area (Å²) in [4.78, 5) is 11.5. The Morgan fingerprint density at radius 1 is 1.14 bits per heavy atom. The highest BCUT2D eigenvalue weighted by molar-refractivity contribution is 5.79. The number of nitrogens with one attached hydrogen (secondary N) is 2. The molecule has 2 aromatic rings. The van der Waals surface area contributed by atoms with Crippen LogP contribution in [0.25, 0.3) is 5.82 Å². The average molecular weight is 398 g/mol. The van der Waals surface area contributed by atoms with Crippen molar-refractivity contribution in [3.8, 4) is 5.82 Å². The fourth-order valence-corrected chi connectivity index (χ4v) is 3.92. The van der Waals surface area contributed by atoms with Crippen LogP contribution in [0, 0.1) is 5.92 Å². The summed E-state index contributed by atoms with van der Waals surface area (Å²) < 4.78 is 1.77. The van der Waals surface area contributed by atoms with Gasteiger partial charge in [0.05, 0.1) is 0 Å². The monoisotopic (exact) mass is 397 g/mol. The summed E-state index contributed by atoms with van der Waals surface area (Å²) >= 11 is 0. The minimum absolute atomic E-state index is 0.527. The van der Waals surface area contributed by atoms with Gasteiger partial charge in [-0.15, -0.1) is 0 Å². The molecule has 0 bridgehead atoms. The zero-order valence-electron chi connectivity index (χ0n) is 18.0. The van der Waals surface area contributed by atoms with Crippen molar-refractivity contribution in [3.05, 3.63) is 42.4 Å². The van der Waals surface area contributed by atoms with E-state index >= 15 is 0 Å². The van der Waals surface area contributed by atoms with Crippen molar-refractivity contribution in [2.24, 2.45) is 10.9 Å². The molecule has 1 unspecified atom stereocenters. The lowest BCUT2D eigenvalue weighted by atomic mass is 10.0. The fourth-order valence-electron chi connectivity index (χ4n) is 3.92. The number of hydrogen-bond acceptors (Lipinski definition) is 4. The maximum atomic E-state index is 4.41. The highest BCUT2D eigenvalue weighted by Crippen LogP contribution is 2.17. The Hall–Kier alpha value is -2.41. The normalized spacial score (nSPS) is 17.2. The lowest BCUT2D eigenvalue weighted by molar-refractivity contribution is 0.161. The lowest BCUT2D eigenvalue weighted by Crippen LogP contribution is -2.49. The van der Waals surface area contributed by atoms with Crippen LogP contribution in [0.3, 0.4) is 0 Å². The minimum atomic E-state index is 0.527. The van der Waals surface area contributed by atoms with Crippen molar-refractivity contribution in [1.29, 1.82) is 0 Å². The van der Waals surface area contributed by atoms with E-state index < -0.39 is 0 Å². The third-order valence-electron chi connectivity index (χ3n) is 5.59. The van der Waals surface area contributed by atoms with Gasteiger partial charge in [-0.25, -0.2) is 9.67 Å². The fraction of sp³-hybridized carbons (Fsp3) is 0.591. The highest BCUT2D eigenvalue weighted by atomic mass is 15.3. The van der Waals surface area contributed by atoms with E-state index in [-0.39, 0.29) is 0 Å². The van der Waals surface area contributed by atoms with Crippen molar-refractivity contribution in [2.45, 2.75) is 52.1 Å². The Bertz CT molecular complexity index is 746. The summed E-state index contributed by atoms with van der Waals surface area (Å²) in [6, 6.07) is 6.48. The van der Waals surface area contributed by atoms with Gasteiger partial charge in [-0.3, -0.25) is 9.89 Å². The first-order valence-corrected chi connectivity index (χ1v) is 10.8. The molecule has 1 aliphatic heterocycles. The Kier molecular flexibility index (Phi) is 8.04. The summed E-state index contributed by atoms with van der Waals surface area (Å²) in [7, 11) is 1.83. The molecule has 3 rings (SSSR count). The number of hydrogen-bond donors (Lipinski definition) is 2. The molecule has 7 heteroatoms. The zero-order valence-corrected chi connectivity index (χ0v) is 18.0. The van der Waals surface area contributed by atoms with Crippen LogP contribution in [-0.2, 0) is 6.54 Å². The maximum absolute atomic E-state index is 4.41. The van der Waals surface area contributed by atoms with Gasteiger partial charge in [0, 0.05) is 44.8 Å². The van der Waals surface area contributed by atoms with E-state index in [1.165, 1.54) is 38.8 Å². The molecule has 0 amide bonds. The minimum Gasteiger partial charge on any atom is -0.355 e. The predicted octanol–water partition coefficient (Wildman–Crippen LogP) is 2.83. The van der Waals surface area contributed by atoms with Gasteiger partial charge in [-0.2, -0.15) is 5.10 Å². The molecule has 0 radical (unpaired) electrons. The standard InChI is InChI=1S/C22H35N7/c1-18(2)20(28-12-6-4-5-7-13-28)17-26-22(23-3)25-16-19-9-11-24-21(15-19)29-14-8-10-27-29/h8-11,14-15,18,20H,4-7,12-13,16-17H2,1-3H3,(H2,23,25,26). The van der Waals surface area contributed by atoms with Crippen LogP contribution < -0.4 is 10.6 Å². The number of aliphatic imine (C=N–C) groups is 1. The number of aromatic nitrogens is 3. The molecule has 1 saturated heterocycles. The number of pyridine rings is 1. The lowest BCUT2D eigenvalue weighted by Gasteiger charge is -2.34. The second-order valence-corrected chi connectivity index (χ2v) is 8.04. The van der Waals surface area contributed by atoms with E-state index in [1.54, 1.807) is 10.9 Å². The Labute approximate surface area is 174 Å². The molecule has 29 heavy (non-hydrogen) atoms. The van der Waals surface area contributed by atoms with Crippen LogP contribution in [0.5, 0.6) is 0 Å². The molecular weight excluding hydrogens is 362 g/mol. The first kappa shape index (κ1) is 21.3. The average Bonchev–Trinajstić information content (AvgIpc) is 3.14. The first-order valence-electron chi connectivity index (χ1n) is 10.8. The SMILES string of the molecule is CN=C(NCc1ccnc(-n2cccn2)c1)NCC(C(C)C)N1CCCCCC1. The zero-order chi connectivity index (χ0) is 20.5. The molecule has 0 aliphatic carbocycles. The van der Waals surface area contributed by atoms with E-state index in [1.807, 2.05) is 37.6 Å². The van der Waals surface area contributed by atoms with Crippen molar-refractivity contribution in [2.75, 3.05) is 26.7 Å². The molecule has 0 aromatic carbocycles. The van der Waals surface area contributed by atoms with Crippen LogP contribution in [0.15, 0.2) is 41.8 Å². The predicted molar refractivity (Wildman–Crippen MR) is 118 cm³/mol. The largest absolute Gasteiger partial charge is 0.355 e. The maximum Gasteiger partial charge on any atom is 0.191 e. The number of nitrogens with zero attached hydrogens (tertiary/aromatic N) is 5. The molecule has 3 heterocycles. The molecule has 158 valence electrons.